The number of hydrogen-bond acceptors (Lipinski definition) is 4. The van der Waals surface area contributed by atoms with Crippen LogP contribution in [-0.4, -0.2) is 15.0 Å². The molecule has 2 aromatic heterocycles. The largest absolute Gasteiger partial charge is 0.456 e. The Labute approximate surface area is 285 Å². The highest BCUT2D eigenvalue weighted by Crippen LogP contribution is 2.51. The van der Waals surface area contributed by atoms with Crippen molar-refractivity contribution < 1.29 is 4.42 Å². The molecule has 0 fully saturated rings. The molecule has 0 saturated carbocycles. The lowest BCUT2D eigenvalue weighted by Gasteiger charge is -2.21. The van der Waals surface area contributed by atoms with E-state index in [1.54, 1.807) is 0 Å². The van der Waals surface area contributed by atoms with Gasteiger partial charge in [0.25, 0.3) is 0 Å². The predicted octanol–water partition coefficient (Wildman–Crippen LogP) is 11.4. The summed E-state index contributed by atoms with van der Waals surface area (Å²) in [6.45, 7) is 9.22. The number of rotatable bonds is 3. The van der Waals surface area contributed by atoms with Crippen LogP contribution in [0.25, 0.3) is 78.4 Å². The van der Waals surface area contributed by atoms with Crippen LogP contribution in [0.4, 0.5) is 0 Å². The fourth-order valence-electron chi connectivity index (χ4n) is 8.30. The second-order valence-electron chi connectivity index (χ2n) is 14.5. The molecule has 49 heavy (non-hydrogen) atoms. The van der Waals surface area contributed by atoms with Crippen LogP contribution < -0.4 is 0 Å². The Balaban J connectivity index is 1.12. The van der Waals surface area contributed by atoms with Crippen molar-refractivity contribution in [1.82, 2.24) is 15.0 Å². The molecular weight excluding hydrogens is 599 g/mol. The van der Waals surface area contributed by atoms with E-state index in [0.29, 0.717) is 17.5 Å². The van der Waals surface area contributed by atoms with Gasteiger partial charge in [0.15, 0.2) is 17.5 Å². The van der Waals surface area contributed by atoms with E-state index in [0.717, 1.165) is 38.6 Å². The van der Waals surface area contributed by atoms with E-state index in [9.17, 15) is 0 Å². The van der Waals surface area contributed by atoms with E-state index in [1.165, 1.54) is 44.5 Å². The van der Waals surface area contributed by atoms with Crippen molar-refractivity contribution in [3.8, 4) is 56.4 Å². The van der Waals surface area contributed by atoms with Crippen molar-refractivity contribution in [2.24, 2.45) is 0 Å². The topological polar surface area (TPSA) is 51.8 Å². The summed E-state index contributed by atoms with van der Waals surface area (Å²) in [4.78, 5) is 15.2. The Morgan fingerprint density at radius 3 is 1.59 bits per heavy atom. The quantitative estimate of drug-likeness (QED) is 0.195. The molecule has 8 aromatic rings. The first kappa shape index (κ1) is 28.2. The molecule has 0 bridgehead atoms. The van der Waals surface area contributed by atoms with Crippen LogP contribution in [0.2, 0.25) is 0 Å². The lowest BCUT2D eigenvalue weighted by Crippen LogP contribution is -2.15. The Morgan fingerprint density at radius 2 is 0.898 bits per heavy atom. The minimum atomic E-state index is -0.121. The Kier molecular flexibility index (Phi) is 5.65. The zero-order valence-corrected chi connectivity index (χ0v) is 27.9. The number of fused-ring (bicyclic) bond motifs is 9. The van der Waals surface area contributed by atoms with Gasteiger partial charge in [-0.2, -0.15) is 0 Å². The van der Waals surface area contributed by atoms with E-state index < -0.39 is 0 Å². The average molecular weight is 632 g/mol. The fraction of sp³-hybridized carbons (Fsp3) is 0.133. The first-order chi connectivity index (χ1) is 23.8. The van der Waals surface area contributed by atoms with Crippen molar-refractivity contribution in [3.63, 3.8) is 0 Å². The Morgan fingerprint density at radius 1 is 0.388 bits per heavy atom. The van der Waals surface area contributed by atoms with Gasteiger partial charge in [0.2, 0.25) is 0 Å². The van der Waals surface area contributed by atoms with Gasteiger partial charge >= 0.3 is 0 Å². The Bertz CT molecular complexity index is 2660. The number of benzene rings is 6. The predicted molar refractivity (Wildman–Crippen MR) is 199 cm³/mol. The molecule has 0 atom stereocenters. The smallest absolute Gasteiger partial charge is 0.164 e. The van der Waals surface area contributed by atoms with Crippen LogP contribution in [0.15, 0.2) is 132 Å². The highest BCUT2D eigenvalue weighted by molar-refractivity contribution is 6.08. The molecule has 2 aliphatic carbocycles. The molecule has 2 heterocycles. The van der Waals surface area contributed by atoms with Crippen LogP contribution in [0, 0.1) is 0 Å². The second-order valence-corrected chi connectivity index (χ2v) is 14.5. The highest BCUT2D eigenvalue weighted by Gasteiger charge is 2.37. The molecule has 10 rings (SSSR count). The monoisotopic (exact) mass is 631 g/mol. The molecule has 4 nitrogen and oxygen atoms in total. The maximum atomic E-state index is 6.59. The maximum Gasteiger partial charge on any atom is 0.164 e. The van der Waals surface area contributed by atoms with Gasteiger partial charge < -0.3 is 4.42 Å². The number of hydrogen-bond donors (Lipinski definition) is 0. The summed E-state index contributed by atoms with van der Waals surface area (Å²) >= 11 is 0. The third kappa shape index (κ3) is 4.01. The number of nitrogens with zero attached hydrogens (tertiary/aromatic N) is 3. The molecule has 0 unspecified atom stereocenters. The molecule has 0 saturated heterocycles. The summed E-state index contributed by atoms with van der Waals surface area (Å²) < 4.78 is 6.59. The van der Waals surface area contributed by atoms with E-state index in [1.807, 2.05) is 30.3 Å². The zero-order chi connectivity index (χ0) is 33.1. The van der Waals surface area contributed by atoms with E-state index in [-0.39, 0.29) is 10.8 Å². The van der Waals surface area contributed by atoms with E-state index >= 15 is 0 Å². The highest BCUT2D eigenvalue weighted by atomic mass is 16.3. The summed E-state index contributed by atoms with van der Waals surface area (Å²) in [6.07, 6.45) is 0. The van der Waals surface area contributed by atoms with Crippen LogP contribution in [0.3, 0.4) is 0 Å². The first-order valence-electron chi connectivity index (χ1n) is 16.9. The van der Waals surface area contributed by atoms with Gasteiger partial charge in [0.1, 0.15) is 11.2 Å². The van der Waals surface area contributed by atoms with Gasteiger partial charge in [-0.25, -0.2) is 15.0 Å². The minimum absolute atomic E-state index is 0.0751. The summed E-state index contributed by atoms with van der Waals surface area (Å²) in [5.74, 6) is 1.91. The Hall–Kier alpha value is -5.87. The molecule has 0 aliphatic heterocycles. The fourth-order valence-corrected chi connectivity index (χ4v) is 8.30. The van der Waals surface area contributed by atoms with Crippen LogP contribution in [0.5, 0.6) is 0 Å². The molecular formula is C45H33N3O. The molecule has 4 heteroatoms. The third-order valence-electron chi connectivity index (χ3n) is 10.9. The van der Waals surface area contributed by atoms with Crippen LogP contribution >= 0.6 is 0 Å². The molecule has 0 N–H and O–H groups in total. The van der Waals surface area contributed by atoms with Crippen LogP contribution in [0.1, 0.15) is 49.9 Å². The number of furan rings is 1. The van der Waals surface area contributed by atoms with Crippen molar-refractivity contribution in [2.45, 2.75) is 38.5 Å². The van der Waals surface area contributed by atoms with E-state index in [2.05, 4.69) is 125 Å². The SMILES string of the molecule is CC1(C)c2ccccc2-c2ccc(-c3nc(-c4ccccc4)nc(-c4ccc5c(c4)oc4cc6c(cc45)C(C)(C)c4ccccc4-6)n3)cc21. The van der Waals surface area contributed by atoms with Crippen molar-refractivity contribution in [1.29, 1.82) is 0 Å². The summed E-state index contributed by atoms with van der Waals surface area (Å²) in [5, 5.41) is 2.22. The molecule has 2 aliphatic rings. The summed E-state index contributed by atoms with van der Waals surface area (Å²) in [6, 6.07) is 45.1. The van der Waals surface area contributed by atoms with Gasteiger partial charge in [0.05, 0.1) is 0 Å². The molecule has 6 aromatic carbocycles. The van der Waals surface area contributed by atoms with Gasteiger partial charge in [0, 0.05) is 38.3 Å². The maximum absolute atomic E-state index is 6.59. The molecule has 0 spiro atoms. The van der Waals surface area contributed by atoms with Gasteiger partial charge in [-0.15, -0.1) is 0 Å². The molecule has 0 amide bonds. The normalized spacial score (nSPS) is 14.9. The van der Waals surface area contributed by atoms with Gasteiger partial charge in [-0.05, 0) is 74.8 Å². The number of aromatic nitrogens is 3. The van der Waals surface area contributed by atoms with Gasteiger partial charge in [-0.3, -0.25) is 0 Å². The second kappa shape index (κ2) is 9.83. The zero-order valence-electron chi connectivity index (χ0n) is 27.9. The van der Waals surface area contributed by atoms with Crippen LogP contribution in [-0.2, 0) is 10.8 Å². The van der Waals surface area contributed by atoms with Crippen molar-refractivity contribution in [3.05, 3.63) is 150 Å². The lowest BCUT2D eigenvalue weighted by molar-refractivity contribution is 0.658. The molecule has 0 radical (unpaired) electrons. The average Bonchev–Trinajstić information content (AvgIpc) is 3.69. The van der Waals surface area contributed by atoms with Crippen molar-refractivity contribution in [2.75, 3.05) is 0 Å². The summed E-state index contributed by atoms with van der Waals surface area (Å²) in [5.41, 5.74) is 14.8. The first-order valence-corrected chi connectivity index (χ1v) is 16.9. The van der Waals surface area contributed by atoms with Gasteiger partial charge in [-0.1, -0.05) is 125 Å². The van der Waals surface area contributed by atoms with E-state index in [4.69, 9.17) is 19.4 Å². The third-order valence-corrected chi connectivity index (χ3v) is 10.9. The minimum Gasteiger partial charge on any atom is -0.456 e. The summed E-state index contributed by atoms with van der Waals surface area (Å²) in [7, 11) is 0. The lowest BCUT2D eigenvalue weighted by atomic mass is 9.82. The molecule has 234 valence electrons. The van der Waals surface area contributed by atoms with Crippen molar-refractivity contribution >= 4 is 21.9 Å². The standard InChI is InChI=1S/C45H33N3O/c1-44(2)35-16-10-8-14-29(35)31-20-18-27(22-37(31)44)42-46-41(26-12-6-5-7-13-26)47-43(48-42)28-19-21-32-34-24-38-33(25-40(34)49-39(32)23-28)30-15-9-11-17-36(30)45(38,3)4/h5-25H,1-4H3.